The van der Waals surface area contributed by atoms with E-state index in [4.69, 9.17) is 24.7 Å². The van der Waals surface area contributed by atoms with Crippen LogP contribution in [0.1, 0.15) is 5.56 Å². The predicted molar refractivity (Wildman–Crippen MR) is 141 cm³/mol. The summed E-state index contributed by atoms with van der Waals surface area (Å²) in [5, 5.41) is 20.7. The Hall–Kier alpha value is -4.77. The molecule has 0 aliphatic heterocycles. The molecule has 0 spiro atoms. The maximum Gasteiger partial charge on any atom is 0.241 e. The number of rotatable bonds is 10. The van der Waals surface area contributed by atoms with Gasteiger partial charge in [0.05, 0.1) is 57.7 Å². The average Bonchev–Trinajstić information content (AvgIpc) is 3.43. The van der Waals surface area contributed by atoms with Crippen LogP contribution in [0.3, 0.4) is 0 Å². The zero-order valence-electron chi connectivity index (χ0n) is 21.5. The molecule has 4 N–H and O–H groups in total. The van der Waals surface area contributed by atoms with Crippen molar-refractivity contribution in [2.45, 2.75) is 12.5 Å². The molecule has 11 nitrogen and oxygen atoms in total. The number of carbonyl (C=O) groups is 1. The van der Waals surface area contributed by atoms with Crippen LogP contribution in [0.5, 0.6) is 28.7 Å². The molecule has 3 aromatic carbocycles. The largest absolute Gasteiger partial charge is 0.508 e. The van der Waals surface area contributed by atoms with E-state index in [9.17, 15) is 9.90 Å². The molecule has 1 unspecified atom stereocenters. The van der Waals surface area contributed by atoms with E-state index in [2.05, 4.69) is 15.6 Å². The number of hydrogen-bond donors (Lipinski definition) is 3. The van der Waals surface area contributed by atoms with Gasteiger partial charge in [0.1, 0.15) is 11.5 Å². The topological polar surface area (TPSA) is 143 Å². The molecule has 1 amide bonds. The van der Waals surface area contributed by atoms with Crippen LogP contribution < -0.4 is 30.0 Å². The van der Waals surface area contributed by atoms with Gasteiger partial charge in [0.15, 0.2) is 11.5 Å². The molecule has 0 saturated heterocycles. The van der Waals surface area contributed by atoms with Crippen molar-refractivity contribution < 1.29 is 28.8 Å². The highest BCUT2D eigenvalue weighted by Crippen LogP contribution is 2.40. The predicted octanol–water partition coefficient (Wildman–Crippen LogP) is 3.18. The van der Waals surface area contributed by atoms with E-state index < -0.39 is 6.04 Å². The summed E-state index contributed by atoms with van der Waals surface area (Å²) >= 11 is 0. The van der Waals surface area contributed by atoms with Gasteiger partial charge in [-0.25, -0.2) is 4.68 Å². The Balaban J connectivity index is 1.64. The Bertz CT molecular complexity index is 1390. The molecule has 1 heterocycles. The number of aromatic nitrogens is 3. The normalized spacial score (nSPS) is 11.5. The average molecular weight is 520 g/mol. The van der Waals surface area contributed by atoms with Crippen molar-refractivity contribution in [2.75, 3.05) is 33.8 Å². The lowest BCUT2D eigenvalue weighted by atomic mass is 10.1. The molecule has 1 aromatic heterocycles. The zero-order valence-corrected chi connectivity index (χ0v) is 21.5. The van der Waals surface area contributed by atoms with E-state index in [1.807, 2.05) is 6.07 Å². The molecule has 4 aromatic rings. The molecule has 0 aliphatic rings. The summed E-state index contributed by atoms with van der Waals surface area (Å²) in [6.07, 6.45) is 1.90. The van der Waals surface area contributed by atoms with E-state index in [1.165, 1.54) is 28.4 Å². The molecule has 0 radical (unpaired) electrons. The molecule has 0 fully saturated rings. The Labute approximate surface area is 219 Å². The fourth-order valence-corrected chi connectivity index (χ4v) is 3.98. The molecule has 198 valence electrons. The Morgan fingerprint density at radius 2 is 1.61 bits per heavy atom. The third kappa shape index (κ3) is 5.47. The van der Waals surface area contributed by atoms with Crippen LogP contribution >= 0.6 is 0 Å². The Kier molecular flexibility index (Phi) is 7.97. The van der Waals surface area contributed by atoms with E-state index in [0.29, 0.717) is 52.1 Å². The summed E-state index contributed by atoms with van der Waals surface area (Å²) < 4.78 is 23.4. The van der Waals surface area contributed by atoms with Crippen molar-refractivity contribution >= 4 is 11.6 Å². The first-order chi connectivity index (χ1) is 18.4. The molecule has 0 aliphatic carbocycles. The van der Waals surface area contributed by atoms with Crippen molar-refractivity contribution in [1.82, 2.24) is 15.0 Å². The van der Waals surface area contributed by atoms with E-state index >= 15 is 0 Å². The number of hydrogen-bond acceptors (Lipinski definition) is 9. The number of nitrogens with two attached hydrogens (primary N) is 1. The highest BCUT2D eigenvalue weighted by atomic mass is 16.5. The van der Waals surface area contributed by atoms with E-state index in [1.54, 1.807) is 59.4 Å². The number of methoxy groups -OCH3 is 4. The second-order valence-electron chi connectivity index (χ2n) is 8.30. The molecule has 11 heteroatoms. The Morgan fingerprint density at radius 3 is 2.21 bits per heavy atom. The van der Waals surface area contributed by atoms with Gasteiger partial charge in [-0.3, -0.25) is 4.79 Å². The summed E-state index contributed by atoms with van der Waals surface area (Å²) in [4.78, 5) is 12.9. The van der Waals surface area contributed by atoms with Gasteiger partial charge in [0, 0.05) is 17.7 Å². The summed E-state index contributed by atoms with van der Waals surface area (Å²) in [5.41, 5.74) is 9.42. The van der Waals surface area contributed by atoms with Crippen LogP contribution in [0.4, 0.5) is 5.69 Å². The number of nitrogens with one attached hydrogen (secondary N) is 1. The molecule has 0 bridgehead atoms. The number of benzene rings is 3. The highest BCUT2D eigenvalue weighted by Gasteiger charge is 2.20. The first-order valence-electron chi connectivity index (χ1n) is 11.6. The minimum absolute atomic E-state index is 0.147. The molecule has 0 saturated carbocycles. The quantitative estimate of drug-likeness (QED) is 0.288. The zero-order chi connectivity index (χ0) is 27.2. The van der Waals surface area contributed by atoms with Crippen molar-refractivity contribution in [3.05, 3.63) is 66.4 Å². The number of ether oxygens (including phenoxy) is 4. The first-order valence-corrected chi connectivity index (χ1v) is 11.6. The third-order valence-electron chi connectivity index (χ3n) is 5.93. The van der Waals surface area contributed by atoms with Crippen LogP contribution in [0.2, 0.25) is 0 Å². The standard InChI is InChI=1S/C27H29N5O6/c1-35-23-10-7-17(12-21(23)30-27(34)20(28)11-16-5-8-19(33)9-6-16)22-15-29-31-32(22)18-13-24(36-2)26(38-4)25(14-18)37-3/h5-10,12-15,20,33H,11,28H2,1-4H3,(H,30,34). The highest BCUT2D eigenvalue weighted by molar-refractivity contribution is 5.96. The van der Waals surface area contributed by atoms with Crippen LogP contribution in [0.15, 0.2) is 60.8 Å². The van der Waals surface area contributed by atoms with E-state index in [-0.39, 0.29) is 11.7 Å². The fourth-order valence-electron chi connectivity index (χ4n) is 3.98. The smallest absolute Gasteiger partial charge is 0.241 e. The third-order valence-corrected chi connectivity index (χ3v) is 5.93. The Morgan fingerprint density at radius 1 is 0.947 bits per heavy atom. The van der Waals surface area contributed by atoms with Crippen molar-refractivity contribution in [3.8, 4) is 45.7 Å². The van der Waals surface area contributed by atoms with Crippen LogP contribution in [-0.2, 0) is 11.2 Å². The molecule has 38 heavy (non-hydrogen) atoms. The second kappa shape index (κ2) is 11.5. The summed E-state index contributed by atoms with van der Waals surface area (Å²) in [6, 6.07) is 14.6. The van der Waals surface area contributed by atoms with Gasteiger partial charge >= 0.3 is 0 Å². The lowest BCUT2D eigenvalue weighted by Crippen LogP contribution is -2.37. The lowest BCUT2D eigenvalue weighted by Gasteiger charge is -2.17. The van der Waals surface area contributed by atoms with E-state index in [0.717, 1.165) is 5.56 Å². The number of anilines is 1. The minimum atomic E-state index is -0.820. The molecule has 4 rings (SSSR count). The van der Waals surface area contributed by atoms with Gasteiger partial charge in [-0.2, -0.15) is 0 Å². The van der Waals surface area contributed by atoms with Gasteiger partial charge < -0.3 is 35.1 Å². The number of phenolic OH excluding ortho intramolecular Hbond substituents is 1. The monoisotopic (exact) mass is 519 g/mol. The van der Waals surface area contributed by atoms with Gasteiger partial charge in [0.2, 0.25) is 11.7 Å². The molecule has 1 atom stereocenters. The van der Waals surface area contributed by atoms with Crippen LogP contribution in [0.25, 0.3) is 16.9 Å². The first kappa shape index (κ1) is 26.3. The SMILES string of the molecule is COc1ccc(-c2cnnn2-c2cc(OC)c(OC)c(OC)c2)cc1NC(=O)C(N)Cc1ccc(O)cc1. The van der Waals surface area contributed by atoms with Gasteiger partial charge in [-0.1, -0.05) is 17.3 Å². The van der Waals surface area contributed by atoms with Gasteiger partial charge in [-0.05, 0) is 42.3 Å². The van der Waals surface area contributed by atoms with Gasteiger partial charge in [0.25, 0.3) is 0 Å². The number of aromatic hydroxyl groups is 1. The minimum Gasteiger partial charge on any atom is -0.508 e. The molecular weight excluding hydrogens is 490 g/mol. The van der Waals surface area contributed by atoms with Crippen molar-refractivity contribution in [3.63, 3.8) is 0 Å². The number of phenols is 1. The van der Waals surface area contributed by atoms with Crippen molar-refractivity contribution in [2.24, 2.45) is 5.73 Å². The summed E-state index contributed by atoms with van der Waals surface area (Å²) in [5.74, 6) is 1.62. The number of carbonyl (C=O) groups excluding carboxylic acids is 1. The number of nitrogens with zero attached hydrogens (tertiary/aromatic N) is 3. The fraction of sp³-hybridized carbons (Fsp3) is 0.222. The van der Waals surface area contributed by atoms with Crippen LogP contribution in [0, 0.1) is 0 Å². The summed E-state index contributed by atoms with van der Waals surface area (Å²) in [7, 11) is 6.12. The van der Waals surface area contributed by atoms with Gasteiger partial charge in [-0.15, -0.1) is 5.10 Å². The van der Waals surface area contributed by atoms with Crippen LogP contribution in [-0.4, -0.2) is 60.5 Å². The number of amides is 1. The summed E-state index contributed by atoms with van der Waals surface area (Å²) in [6.45, 7) is 0. The molecular formula is C27H29N5O6. The maximum absolute atomic E-state index is 12.9. The lowest BCUT2D eigenvalue weighted by molar-refractivity contribution is -0.117. The maximum atomic E-state index is 12.9. The second-order valence-corrected chi connectivity index (χ2v) is 8.30. The van der Waals surface area contributed by atoms with Crippen molar-refractivity contribution in [1.29, 1.82) is 0 Å².